The van der Waals surface area contributed by atoms with E-state index in [1.54, 1.807) is 7.11 Å². The van der Waals surface area contributed by atoms with E-state index in [1.807, 2.05) is 12.1 Å². The summed E-state index contributed by atoms with van der Waals surface area (Å²) < 4.78 is 5.16. The number of hydrogen-bond donors (Lipinski definition) is 0. The Hall–Kier alpha value is -1.51. The van der Waals surface area contributed by atoms with E-state index in [0.29, 0.717) is 11.8 Å². The van der Waals surface area contributed by atoms with E-state index < -0.39 is 0 Å². The zero-order valence-corrected chi connectivity index (χ0v) is 9.35. The Bertz CT molecular complexity index is 410. The minimum absolute atomic E-state index is 0.457. The summed E-state index contributed by atoms with van der Waals surface area (Å²) in [6.07, 6.45) is 2.40. The standard InChI is InChI=1S/C13H15NO2/c1-15-11-5-2-9(3-6-11)12-7-4-10-8-16-14-13(10)12/h2-3,5-6,10,12H,4,7-8H2,1H3/t10-,12-/m0/s1. The summed E-state index contributed by atoms with van der Waals surface area (Å²) in [5.74, 6) is 1.92. The van der Waals surface area contributed by atoms with Crippen LogP contribution in [0.5, 0.6) is 5.75 Å². The molecule has 1 aliphatic carbocycles. The molecule has 1 fully saturated rings. The third kappa shape index (κ3) is 1.47. The molecule has 1 heterocycles. The molecule has 3 rings (SSSR count). The summed E-state index contributed by atoms with van der Waals surface area (Å²) in [5.41, 5.74) is 2.57. The fourth-order valence-corrected chi connectivity index (χ4v) is 2.63. The number of methoxy groups -OCH3 is 1. The Morgan fingerprint density at radius 1 is 1.25 bits per heavy atom. The van der Waals surface area contributed by atoms with Gasteiger partial charge in [0.15, 0.2) is 0 Å². The van der Waals surface area contributed by atoms with Crippen molar-refractivity contribution >= 4 is 5.71 Å². The third-order valence-corrected chi connectivity index (χ3v) is 3.54. The topological polar surface area (TPSA) is 30.8 Å². The highest BCUT2D eigenvalue weighted by molar-refractivity contribution is 5.95. The Balaban J connectivity index is 1.86. The smallest absolute Gasteiger partial charge is 0.125 e. The van der Waals surface area contributed by atoms with Crippen molar-refractivity contribution in [3.8, 4) is 5.75 Å². The van der Waals surface area contributed by atoms with Crippen LogP contribution in [0.2, 0.25) is 0 Å². The molecule has 0 N–H and O–H groups in total. The first kappa shape index (κ1) is 9.70. The van der Waals surface area contributed by atoms with Crippen LogP contribution in [0.3, 0.4) is 0 Å². The molecule has 1 aromatic rings. The van der Waals surface area contributed by atoms with Crippen molar-refractivity contribution < 1.29 is 9.57 Å². The molecule has 0 amide bonds. The second-order valence-electron chi connectivity index (χ2n) is 4.41. The van der Waals surface area contributed by atoms with E-state index >= 15 is 0 Å². The molecule has 0 spiro atoms. The van der Waals surface area contributed by atoms with Gasteiger partial charge in [0.25, 0.3) is 0 Å². The number of benzene rings is 1. The van der Waals surface area contributed by atoms with Gasteiger partial charge < -0.3 is 9.57 Å². The number of oxime groups is 1. The summed E-state index contributed by atoms with van der Waals surface area (Å²) in [6.45, 7) is 0.780. The second-order valence-corrected chi connectivity index (χ2v) is 4.41. The van der Waals surface area contributed by atoms with Crippen LogP contribution in [0.1, 0.15) is 24.3 Å². The van der Waals surface area contributed by atoms with E-state index in [2.05, 4.69) is 17.3 Å². The van der Waals surface area contributed by atoms with Gasteiger partial charge in [-0.15, -0.1) is 0 Å². The average Bonchev–Trinajstić information content (AvgIpc) is 2.91. The van der Waals surface area contributed by atoms with Crippen LogP contribution < -0.4 is 4.74 Å². The Labute approximate surface area is 95.1 Å². The fourth-order valence-electron chi connectivity index (χ4n) is 2.63. The van der Waals surface area contributed by atoms with Gasteiger partial charge in [-0.05, 0) is 30.5 Å². The predicted molar refractivity (Wildman–Crippen MR) is 61.8 cm³/mol. The Morgan fingerprint density at radius 3 is 2.81 bits per heavy atom. The number of hydrogen-bond acceptors (Lipinski definition) is 3. The lowest BCUT2D eigenvalue weighted by Gasteiger charge is -2.10. The van der Waals surface area contributed by atoms with Gasteiger partial charge in [-0.25, -0.2) is 0 Å². The monoisotopic (exact) mass is 217 g/mol. The van der Waals surface area contributed by atoms with Crippen molar-refractivity contribution in [2.45, 2.75) is 18.8 Å². The van der Waals surface area contributed by atoms with Crippen LogP contribution in [0.15, 0.2) is 29.4 Å². The van der Waals surface area contributed by atoms with Gasteiger partial charge in [0, 0.05) is 11.8 Å². The molecule has 0 radical (unpaired) electrons. The largest absolute Gasteiger partial charge is 0.497 e. The zero-order chi connectivity index (χ0) is 11.0. The number of ether oxygens (including phenoxy) is 1. The second kappa shape index (κ2) is 3.81. The van der Waals surface area contributed by atoms with Crippen LogP contribution in [-0.4, -0.2) is 19.4 Å². The molecule has 0 aromatic heterocycles. The van der Waals surface area contributed by atoms with E-state index in [-0.39, 0.29) is 0 Å². The molecule has 3 nitrogen and oxygen atoms in total. The Kier molecular flexibility index (Phi) is 2.31. The molecule has 16 heavy (non-hydrogen) atoms. The predicted octanol–water partition coefficient (Wildman–Crippen LogP) is 2.58. The summed E-state index contributed by atoms with van der Waals surface area (Å²) in [5, 5.41) is 4.18. The summed E-state index contributed by atoms with van der Waals surface area (Å²) in [7, 11) is 1.69. The molecule has 1 aromatic carbocycles. The third-order valence-electron chi connectivity index (χ3n) is 3.54. The van der Waals surface area contributed by atoms with Gasteiger partial charge in [0.2, 0.25) is 0 Å². The first-order valence-corrected chi connectivity index (χ1v) is 5.72. The van der Waals surface area contributed by atoms with Gasteiger partial charge >= 0.3 is 0 Å². The zero-order valence-electron chi connectivity index (χ0n) is 9.35. The van der Waals surface area contributed by atoms with E-state index in [4.69, 9.17) is 9.57 Å². The lowest BCUT2D eigenvalue weighted by Crippen LogP contribution is -2.10. The molecule has 0 saturated heterocycles. The minimum Gasteiger partial charge on any atom is -0.497 e. The summed E-state index contributed by atoms with van der Waals surface area (Å²) in [4.78, 5) is 5.17. The fraction of sp³-hybridized carbons (Fsp3) is 0.462. The van der Waals surface area contributed by atoms with Crippen LogP contribution >= 0.6 is 0 Å². The lowest BCUT2D eigenvalue weighted by atomic mass is 9.95. The van der Waals surface area contributed by atoms with Crippen molar-refractivity contribution in [3.63, 3.8) is 0 Å². The van der Waals surface area contributed by atoms with Crippen LogP contribution in [0, 0.1) is 5.92 Å². The van der Waals surface area contributed by atoms with Crippen LogP contribution in [0.4, 0.5) is 0 Å². The Morgan fingerprint density at radius 2 is 2.06 bits per heavy atom. The molecule has 2 atom stereocenters. The first-order chi connectivity index (χ1) is 7.88. The molecular weight excluding hydrogens is 202 g/mol. The van der Waals surface area contributed by atoms with Crippen LogP contribution in [0.25, 0.3) is 0 Å². The van der Waals surface area contributed by atoms with Crippen LogP contribution in [-0.2, 0) is 4.84 Å². The molecule has 84 valence electrons. The first-order valence-electron chi connectivity index (χ1n) is 5.72. The van der Waals surface area contributed by atoms with Gasteiger partial charge in [0.1, 0.15) is 12.4 Å². The minimum atomic E-state index is 0.457. The SMILES string of the molecule is COc1ccc([C@@H]2CC[C@H]3CON=C32)cc1. The number of rotatable bonds is 2. The van der Waals surface area contributed by atoms with E-state index in [9.17, 15) is 0 Å². The quantitative estimate of drug-likeness (QED) is 0.762. The van der Waals surface area contributed by atoms with Gasteiger partial charge in [-0.3, -0.25) is 0 Å². The van der Waals surface area contributed by atoms with Crippen molar-refractivity contribution in [1.82, 2.24) is 0 Å². The highest BCUT2D eigenvalue weighted by Crippen LogP contribution is 2.39. The van der Waals surface area contributed by atoms with Gasteiger partial charge in [-0.2, -0.15) is 0 Å². The normalized spacial score (nSPS) is 27.2. The maximum atomic E-state index is 5.17. The highest BCUT2D eigenvalue weighted by atomic mass is 16.6. The van der Waals surface area contributed by atoms with E-state index in [0.717, 1.165) is 12.4 Å². The van der Waals surface area contributed by atoms with Gasteiger partial charge in [0.05, 0.1) is 12.8 Å². The maximum Gasteiger partial charge on any atom is 0.125 e. The highest BCUT2D eigenvalue weighted by Gasteiger charge is 2.37. The van der Waals surface area contributed by atoms with Crippen molar-refractivity contribution in [1.29, 1.82) is 0 Å². The van der Waals surface area contributed by atoms with Crippen molar-refractivity contribution in [2.75, 3.05) is 13.7 Å². The molecule has 1 saturated carbocycles. The van der Waals surface area contributed by atoms with Gasteiger partial charge in [-0.1, -0.05) is 17.3 Å². The summed E-state index contributed by atoms with van der Waals surface area (Å²) in [6, 6.07) is 8.29. The maximum absolute atomic E-state index is 5.17. The number of nitrogens with zero attached hydrogens (tertiary/aromatic N) is 1. The summed E-state index contributed by atoms with van der Waals surface area (Å²) >= 11 is 0. The average molecular weight is 217 g/mol. The molecule has 3 heteroatoms. The molecule has 2 aliphatic rings. The lowest BCUT2D eigenvalue weighted by molar-refractivity contribution is 0.151. The molecule has 1 aliphatic heterocycles. The van der Waals surface area contributed by atoms with Crippen molar-refractivity contribution in [3.05, 3.63) is 29.8 Å². The molecular formula is C13H15NO2. The molecule has 0 bridgehead atoms. The van der Waals surface area contributed by atoms with Crippen molar-refractivity contribution in [2.24, 2.45) is 11.1 Å². The van der Waals surface area contributed by atoms with E-state index in [1.165, 1.54) is 24.1 Å². The molecule has 0 unspecified atom stereocenters. The number of fused-ring (bicyclic) bond motifs is 1.